The van der Waals surface area contributed by atoms with Gasteiger partial charge in [0.25, 0.3) is 0 Å². The van der Waals surface area contributed by atoms with E-state index in [1.165, 1.54) is 111 Å². The van der Waals surface area contributed by atoms with E-state index in [0.29, 0.717) is 12.8 Å². The summed E-state index contributed by atoms with van der Waals surface area (Å²) in [4.78, 5) is 24.1. The van der Waals surface area contributed by atoms with Crippen molar-refractivity contribution in [1.82, 2.24) is 0 Å². The van der Waals surface area contributed by atoms with Gasteiger partial charge in [-0.05, 0) is 26.7 Å². The van der Waals surface area contributed by atoms with Crippen LogP contribution in [0.25, 0.3) is 0 Å². The molecule has 0 aliphatic carbocycles. The van der Waals surface area contributed by atoms with Gasteiger partial charge in [0.05, 0.1) is 0 Å². The lowest BCUT2D eigenvalue weighted by Crippen LogP contribution is -2.35. The molecule has 0 heterocycles. The third-order valence-corrected chi connectivity index (χ3v) is 11.4. The minimum absolute atomic E-state index is 0.588. The maximum absolute atomic E-state index is 12.1. The zero-order chi connectivity index (χ0) is 27.1. The first-order chi connectivity index (χ1) is 17.2. The number of unbranched alkanes of at least 4 members (excludes halogenated alkanes) is 18. The fourth-order valence-electron chi connectivity index (χ4n) is 4.45. The van der Waals surface area contributed by atoms with Crippen molar-refractivity contribution in [1.29, 1.82) is 0 Å². The molecule has 0 amide bonds. The van der Waals surface area contributed by atoms with Crippen molar-refractivity contribution < 1.29 is 19.8 Å². The molecule has 0 saturated carbocycles. The summed E-state index contributed by atoms with van der Waals surface area (Å²) in [6, 6.07) is 0. The summed E-state index contributed by atoms with van der Waals surface area (Å²) in [6.07, 6.45) is 25.6. The first-order valence-electron chi connectivity index (χ1n) is 15.1. The van der Waals surface area contributed by atoms with Gasteiger partial charge in [-0.2, -0.15) is 0 Å². The molecular formula is C30H58O4S2. The van der Waals surface area contributed by atoms with Crippen molar-refractivity contribution in [3.63, 3.8) is 0 Å². The summed E-state index contributed by atoms with van der Waals surface area (Å²) in [5.74, 6) is -1.66. The first kappa shape index (κ1) is 35.6. The van der Waals surface area contributed by atoms with E-state index >= 15 is 0 Å². The molecule has 36 heavy (non-hydrogen) atoms. The lowest BCUT2D eigenvalue weighted by Gasteiger charge is -2.29. The Kier molecular flexibility index (Phi) is 22.4. The van der Waals surface area contributed by atoms with E-state index in [-0.39, 0.29) is 0 Å². The van der Waals surface area contributed by atoms with Crippen molar-refractivity contribution in [2.75, 3.05) is 0 Å². The Hall–Kier alpha value is -0.360. The molecule has 0 saturated heterocycles. The summed E-state index contributed by atoms with van der Waals surface area (Å²) in [6.45, 7) is 8.01. The van der Waals surface area contributed by atoms with E-state index in [0.717, 1.165) is 38.5 Å². The van der Waals surface area contributed by atoms with Crippen LogP contribution in [-0.4, -0.2) is 31.6 Å². The van der Waals surface area contributed by atoms with Crippen LogP contribution in [0, 0.1) is 0 Å². The van der Waals surface area contributed by atoms with Gasteiger partial charge in [0, 0.05) is 0 Å². The maximum Gasteiger partial charge on any atom is 0.320 e. The molecule has 2 atom stereocenters. The van der Waals surface area contributed by atoms with Gasteiger partial charge in [0.15, 0.2) is 0 Å². The van der Waals surface area contributed by atoms with Crippen LogP contribution in [0.4, 0.5) is 0 Å². The topological polar surface area (TPSA) is 74.6 Å². The number of carboxylic acids is 2. The van der Waals surface area contributed by atoms with E-state index in [1.54, 1.807) is 13.8 Å². The molecule has 0 aliphatic heterocycles. The molecule has 2 N–H and O–H groups in total. The average Bonchev–Trinajstić information content (AvgIpc) is 2.85. The van der Waals surface area contributed by atoms with Crippen LogP contribution >= 0.6 is 21.6 Å². The van der Waals surface area contributed by atoms with Crippen molar-refractivity contribution in [2.45, 2.75) is 178 Å². The minimum Gasteiger partial charge on any atom is -0.480 e. The molecule has 0 rings (SSSR count). The van der Waals surface area contributed by atoms with E-state index in [9.17, 15) is 19.8 Å². The van der Waals surface area contributed by atoms with Crippen molar-refractivity contribution in [2.24, 2.45) is 0 Å². The molecule has 0 aromatic heterocycles. The Morgan fingerprint density at radius 2 is 0.694 bits per heavy atom. The van der Waals surface area contributed by atoms with Crippen molar-refractivity contribution in [3.05, 3.63) is 0 Å². The van der Waals surface area contributed by atoms with Gasteiger partial charge in [-0.1, -0.05) is 164 Å². The van der Waals surface area contributed by atoms with E-state index < -0.39 is 21.4 Å². The second-order valence-corrected chi connectivity index (χ2v) is 14.2. The minimum atomic E-state index is -0.945. The zero-order valence-electron chi connectivity index (χ0n) is 24.1. The smallest absolute Gasteiger partial charge is 0.320 e. The quantitative estimate of drug-likeness (QED) is 0.0788. The number of rotatable bonds is 27. The molecule has 0 aromatic rings. The van der Waals surface area contributed by atoms with Crippen LogP contribution in [0.15, 0.2) is 0 Å². The Morgan fingerprint density at radius 3 is 0.917 bits per heavy atom. The monoisotopic (exact) mass is 546 g/mol. The molecule has 6 heteroatoms. The number of hydrogen-bond acceptors (Lipinski definition) is 4. The van der Waals surface area contributed by atoms with Gasteiger partial charge >= 0.3 is 11.9 Å². The Balaban J connectivity index is 4.25. The highest BCUT2D eigenvalue weighted by atomic mass is 33.1. The molecule has 0 fully saturated rings. The van der Waals surface area contributed by atoms with E-state index in [1.807, 2.05) is 0 Å². The molecule has 0 bridgehead atoms. The van der Waals surface area contributed by atoms with Gasteiger partial charge in [0.2, 0.25) is 0 Å². The number of aliphatic carboxylic acids is 2. The van der Waals surface area contributed by atoms with Gasteiger partial charge in [-0.25, -0.2) is 0 Å². The number of carbonyl (C=O) groups is 2. The Bertz CT molecular complexity index is 509. The number of carboxylic acid groups (broad SMARTS) is 2. The van der Waals surface area contributed by atoms with Crippen molar-refractivity contribution >= 4 is 33.5 Å². The van der Waals surface area contributed by atoms with E-state index in [4.69, 9.17) is 0 Å². The van der Waals surface area contributed by atoms with Gasteiger partial charge in [-0.15, -0.1) is 0 Å². The Morgan fingerprint density at radius 1 is 0.472 bits per heavy atom. The average molecular weight is 547 g/mol. The second kappa shape index (κ2) is 22.6. The molecule has 0 aromatic carbocycles. The van der Waals surface area contributed by atoms with Gasteiger partial charge < -0.3 is 10.2 Å². The fourth-order valence-corrected chi connectivity index (χ4v) is 7.45. The lowest BCUT2D eigenvalue weighted by molar-refractivity contribution is -0.140. The molecule has 0 spiro atoms. The third-order valence-electron chi connectivity index (χ3n) is 7.33. The summed E-state index contributed by atoms with van der Waals surface area (Å²) < 4.78 is -1.89. The van der Waals surface area contributed by atoms with Crippen LogP contribution in [0.5, 0.6) is 0 Å². The van der Waals surface area contributed by atoms with Crippen LogP contribution in [0.2, 0.25) is 0 Å². The molecule has 214 valence electrons. The highest BCUT2D eigenvalue weighted by Gasteiger charge is 2.40. The Labute approximate surface area is 231 Å². The largest absolute Gasteiger partial charge is 0.480 e. The third kappa shape index (κ3) is 18.0. The lowest BCUT2D eigenvalue weighted by atomic mass is 10.0. The van der Waals surface area contributed by atoms with Crippen LogP contribution < -0.4 is 0 Å². The van der Waals surface area contributed by atoms with Gasteiger partial charge in [0.1, 0.15) is 9.49 Å². The zero-order valence-corrected chi connectivity index (χ0v) is 25.7. The SMILES string of the molecule is CCCCCCCCCCCCC(C)(SSC(C)(CCCCCCCCCCCC)C(=O)O)C(=O)O. The fraction of sp³-hybridized carbons (Fsp3) is 0.933. The summed E-state index contributed by atoms with van der Waals surface area (Å²) in [5, 5.41) is 19.8. The molecule has 0 aliphatic rings. The predicted octanol–water partition coefficient (Wildman–Crippen LogP) is 10.7. The maximum atomic E-state index is 12.1. The first-order valence-corrected chi connectivity index (χ1v) is 17.2. The van der Waals surface area contributed by atoms with Crippen LogP contribution in [0.3, 0.4) is 0 Å². The molecule has 2 unspecified atom stereocenters. The second-order valence-electron chi connectivity index (χ2n) is 11.1. The number of hydrogen-bond donors (Lipinski definition) is 2. The predicted molar refractivity (Wildman–Crippen MR) is 160 cm³/mol. The van der Waals surface area contributed by atoms with Crippen LogP contribution in [-0.2, 0) is 9.59 Å². The van der Waals surface area contributed by atoms with Crippen LogP contribution in [0.1, 0.15) is 169 Å². The summed E-state index contributed by atoms with van der Waals surface area (Å²) in [5.41, 5.74) is 0. The van der Waals surface area contributed by atoms with Gasteiger partial charge in [-0.3, -0.25) is 9.59 Å². The normalized spacial score (nSPS) is 14.9. The molecule has 0 radical (unpaired) electrons. The van der Waals surface area contributed by atoms with E-state index in [2.05, 4.69) is 13.8 Å². The molecular weight excluding hydrogens is 488 g/mol. The standard InChI is InChI=1S/C30H58O4S2/c1-5-7-9-11-13-15-17-19-21-23-25-29(3,27(31)32)35-36-30(4,28(33)34)26-24-22-20-18-16-14-12-10-8-6-2/h5-26H2,1-4H3,(H,31,32)(H,33,34). The molecule has 4 nitrogen and oxygen atoms in total. The van der Waals surface area contributed by atoms with Crippen molar-refractivity contribution in [3.8, 4) is 0 Å². The summed E-state index contributed by atoms with van der Waals surface area (Å²) in [7, 11) is 2.53. The highest BCUT2D eigenvalue weighted by Crippen LogP contribution is 2.48. The summed E-state index contributed by atoms with van der Waals surface area (Å²) >= 11 is 0. The highest BCUT2D eigenvalue weighted by molar-refractivity contribution is 8.78.